The number of benzene rings is 4. The van der Waals surface area contributed by atoms with Gasteiger partial charge in [-0.2, -0.15) is 0 Å². The normalized spacial score (nSPS) is 9.33. The van der Waals surface area contributed by atoms with E-state index >= 15 is 0 Å². The van der Waals surface area contributed by atoms with Crippen molar-refractivity contribution >= 4 is 32.9 Å². The molecule has 0 saturated carbocycles. The van der Waals surface area contributed by atoms with E-state index in [1.54, 1.807) is 0 Å². The van der Waals surface area contributed by atoms with Gasteiger partial charge in [-0.3, -0.25) is 0 Å². The lowest BCUT2D eigenvalue weighted by Gasteiger charge is -2.14. The van der Waals surface area contributed by atoms with Gasteiger partial charge in [0.1, 0.15) is 0 Å². The van der Waals surface area contributed by atoms with Gasteiger partial charge in [0.25, 0.3) is 0 Å². The molecule has 0 amide bonds. The van der Waals surface area contributed by atoms with Crippen LogP contribution in [-0.2, 0) is 0 Å². The summed E-state index contributed by atoms with van der Waals surface area (Å²) in [7, 11) is 8.26. The highest BCUT2D eigenvalue weighted by molar-refractivity contribution is 5.94. The maximum Gasteiger partial charge on any atom is 0.0440 e. The lowest BCUT2D eigenvalue weighted by atomic mass is 10.1. The van der Waals surface area contributed by atoms with Crippen LogP contribution in [0.1, 0.15) is 27.7 Å². The molecular formula is C28H38N2. The maximum absolute atomic E-state index is 2.20. The molecule has 160 valence electrons. The van der Waals surface area contributed by atoms with Gasteiger partial charge in [0.05, 0.1) is 0 Å². The molecule has 2 heteroatoms. The Labute approximate surface area is 183 Å². The average Bonchev–Trinajstić information content (AvgIpc) is 2.81. The van der Waals surface area contributed by atoms with Crippen LogP contribution in [0.4, 0.5) is 11.4 Å². The lowest BCUT2D eigenvalue weighted by molar-refractivity contribution is 1.14. The van der Waals surface area contributed by atoms with Crippen molar-refractivity contribution in [2.45, 2.75) is 27.7 Å². The van der Waals surface area contributed by atoms with Gasteiger partial charge >= 0.3 is 0 Å². The van der Waals surface area contributed by atoms with Crippen LogP contribution in [0, 0.1) is 0 Å². The average molecular weight is 403 g/mol. The Balaban J connectivity index is 0.000000258. The zero-order chi connectivity index (χ0) is 22.5. The first-order chi connectivity index (χ1) is 14.6. The van der Waals surface area contributed by atoms with Crippen LogP contribution in [0.25, 0.3) is 21.5 Å². The van der Waals surface area contributed by atoms with Gasteiger partial charge in [0, 0.05) is 45.0 Å². The fraction of sp³-hybridized carbons (Fsp3) is 0.286. The van der Waals surface area contributed by atoms with Gasteiger partial charge in [-0.05, 0) is 34.4 Å². The van der Waals surface area contributed by atoms with Crippen LogP contribution in [0.2, 0.25) is 0 Å². The van der Waals surface area contributed by atoms with E-state index in [1.807, 2.05) is 27.7 Å². The van der Waals surface area contributed by atoms with Gasteiger partial charge in [-0.25, -0.2) is 0 Å². The molecule has 0 radical (unpaired) electrons. The van der Waals surface area contributed by atoms with E-state index in [0.717, 1.165) is 0 Å². The summed E-state index contributed by atoms with van der Waals surface area (Å²) in [4.78, 5) is 4.26. The fourth-order valence-electron chi connectivity index (χ4n) is 3.05. The minimum Gasteiger partial charge on any atom is -0.378 e. The van der Waals surface area contributed by atoms with Crippen molar-refractivity contribution in [2.24, 2.45) is 0 Å². The number of nitrogens with zero attached hydrogens (tertiary/aromatic N) is 2. The predicted molar refractivity (Wildman–Crippen MR) is 139 cm³/mol. The van der Waals surface area contributed by atoms with Gasteiger partial charge in [0.15, 0.2) is 0 Å². The third-order valence-corrected chi connectivity index (χ3v) is 4.50. The van der Waals surface area contributed by atoms with Crippen LogP contribution in [-0.4, -0.2) is 28.2 Å². The summed E-state index contributed by atoms with van der Waals surface area (Å²) in [6.07, 6.45) is 0. The van der Waals surface area contributed by atoms with E-state index in [9.17, 15) is 0 Å². The van der Waals surface area contributed by atoms with Crippen molar-refractivity contribution in [1.82, 2.24) is 0 Å². The molecule has 0 aliphatic heterocycles. The number of anilines is 2. The second kappa shape index (κ2) is 13.3. The van der Waals surface area contributed by atoms with Crippen molar-refractivity contribution in [1.29, 1.82) is 0 Å². The molecule has 30 heavy (non-hydrogen) atoms. The van der Waals surface area contributed by atoms with E-state index in [-0.39, 0.29) is 0 Å². The maximum atomic E-state index is 2.20. The van der Waals surface area contributed by atoms with Gasteiger partial charge < -0.3 is 9.80 Å². The Morgan fingerprint density at radius 1 is 0.467 bits per heavy atom. The smallest absolute Gasteiger partial charge is 0.0440 e. The number of hydrogen-bond acceptors (Lipinski definition) is 2. The number of fused-ring (bicyclic) bond motifs is 2. The first-order valence-corrected chi connectivity index (χ1v) is 10.9. The Bertz CT molecular complexity index is 992. The monoisotopic (exact) mass is 402 g/mol. The summed E-state index contributed by atoms with van der Waals surface area (Å²) in [5, 5.41) is 5.21. The highest BCUT2D eigenvalue weighted by Crippen LogP contribution is 2.24. The van der Waals surface area contributed by atoms with Crippen LogP contribution < -0.4 is 9.80 Å². The van der Waals surface area contributed by atoms with Crippen LogP contribution in [0.5, 0.6) is 0 Å². The van der Waals surface area contributed by atoms with Crippen molar-refractivity contribution in [2.75, 3.05) is 38.0 Å². The molecule has 0 aliphatic rings. The van der Waals surface area contributed by atoms with E-state index in [4.69, 9.17) is 0 Å². The summed E-state index contributed by atoms with van der Waals surface area (Å²) < 4.78 is 0. The van der Waals surface area contributed by atoms with E-state index in [0.29, 0.717) is 0 Å². The molecule has 4 aromatic carbocycles. The quantitative estimate of drug-likeness (QED) is 0.336. The zero-order valence-corrected chi connectivity index (χ0v) is 20.0. The molecule has 0 aromatic heterocycles. The van der Waals surface area contributed by atoms with Crippen molar-refractivity contribution in [3.05, 3.63) is 84.9 Å². The van der Waals surface area contributed by atoms with Crippen molar-refractivity contribution in [3.8, 4) is 0 Å². The van der Waals surface area contributed by atoms with E-state index in [1.165, 1.54) is 32.9 Å². The Hall–Kier alpha value is -3.00. The largest absolute Gasteiger partial charge is 0.378 e. The van der Waals surface area contributed by atoms with Gasteiger partial charge in [-0.15, -0.1) is 0 Å². The Kier molecular flexibility index (Phi) is 11.1. The molecule has 0 bridgehead atoms. The van der Waals surface area contributed by atoms with Crippen molar-refractivity contribution < 1.29 is 0 Å². The zero-order valence-electron chi connectivity index (χ0n) is 20.0. The molecule has 0 saturated heterocycles. The predicted octanol–water partition coefficient (Wildman–Crippen LogP) is 7.86. The van der Waals surface area contributed by atoms with Crippen molar-refractivity contribution in [3.63, 3.8) is 0 Å². The fourth-order valence-corrected chi connectivity index (χ4v) is 3.05. The van der Waals surface area contributed by atoms with Crippen LogP contribution in [0.3, 0.4) is 0 Å². The second-order valence-corrected chi connectivity index (χ2v) is 6.82. The topological polar surface area (TPSA) is 6.48 Å². The van der Waals surface area contributed by atoms with Gasteiger partial charge in [-0.1, -0.05) is 94.4 Å². The summed E-state index contributed by atoms with van der Waals surface area (Å²) in [6.45, 7) is 8.00. The molecule has 0 unspecified atom stereocenters. The Morgan fingerprint density at radius 2 is 1.00 bits per heavy atom. The first kappa shape index (κ1) is 25.0. The molecule has 0 aliphatic carbocycles. The highest BCUT2D eigenvalue weighted by Gasteiger charge is 2.00. The molecule has 0 fully saturated rings. The number of rotatable bonds is 2. The molecule has 0 heterocycles. The minimum atomic E-state index is 1.25. The highest BCUT2D eigenvalue weighted by atomic mass is 15.1. The number of hydrogen-bond donors (Lipinski definition) is 0. The molecule has 2 nitrogen and oxygen atoms in total. The van der Waals surface area contributed by atoms with E-state index < -0.39 is 0 Å². The third kappa shape index (κ3) is 6.81. The summed E-state index contributed by atoms with van der Waals surface area (Å²) in [5.74, 6) is 0. The van der Waals surface area contributed by atoms with Crippen LogP contribution in [0.15, 0.2) is 84.9 Å². The minimum absolute atomic E-state index is 1.25. The molecule has 0 atom stereocenters. The van der Waals surface area contributed by atoms with Crippen LogP contribution >= 0.6 is 0 Å². The summed E-state index contributed by atoms with van der Waals surface area (Å²) >= 11 is 0. The first-order valence-electron chi connectivity index (χ1n) is 10.9. The molecule has 4 aromatic rings. The standard InChI is InChI=1S/2C12H13N.2C2H6/c1-13(2)12-9-5-7-10-6-3-4-8-11(10)12;1-13(2)12-8-7-10-5-3-4-6-11(10)9-12;2*1-2/h2*3-9H,1-2H3;2*1-2H3. The summed E-state index contributed by atoms with van der Waals surface area (Å²) in [5.41, 5.74) is 2.52. The van der Waals surface area contributed by atoms with E-state index in [2.05, 4.69) is 123 Å². The molecule has 4 rings (SSSR count). The molecular weight excluding hydrogens is 364 g/mol. The second-order valence-electron chi connectivity index (χ2n) is 6.82. The summed E-state index contributed by atoms with van der Waals surface area (Å²) in [6, 6.07) is 29.7. The molecule has 0 N–H and O–H groups in total. The third-order valence-electron chi connectivity index (χ3n) is 4.50. The lowest BCUT2D eigenvalue weighted by Crippen LogP contribution is -2.08. The molecule has 0 spiro atoms. The SMILES string of the molecule is CC.CC.CN(C)c1ccc2ccccc2c1.CN(C)c1cccc2ccccc12. The van der Waals surface area contributed by atoms with Gasteiger partial charge in [0.2, 0.25) is 0 Å². The Morgan fingerprint density at radius 3 is 1.60 bits per heavy atom.